The van der Waals surface area contributed by atoms with Gasteiger partial charge >= 0.3 is 0 Å². The Kier molecular flexibility index (Phi) is 4.37. The molecule has 4 aromatic rings. The number of ether oxygens (including phenoxy) is 1. The number of carbonyl (C=O) groups excluding carboxylic acids is 2. The predicted octanol–water partition coefficient (Wildman–Crippen LogP) is 5.08. The predicted molar refractivity (Wildman–Crippen MR) is 121 cm³/mol. The van der Waals surface area contributed by atoms with Crippen molar-refractivity contribution in [2.75, 3.05) is 0 Å². The molecule has 0 amide bonds. The number of Topliss-reactive ketones (excluding diaryl/α,β-unsaturated/α-hetero) is 2. The van der Waals surface area contributed by atoms with Gasteiger partial charge in [0.1, 0.15) is 22.8 Å². The van der Waals surface area contributed by atoms with Crippen LogP contribution in [0.4, 0.5) is 0 Å². The van der Waals surface area contributed by atoms with Gasteiger partial charge in [0.15, 0.2) is 11.5 Å². The van der Waals surface area contributed by atoms with Crippen LogP contribution in [-0.4, -0.2) is 26.3 Å². The fourth-order valence-electron chi connectivity index (χ4n) is 4.13. The minimum absolute atomic E-state index is 0.00522. The Morgan fingerprint density at radius 2 is 1.81 bits per heavy atom. The van der Waals surface area contributed by atoms with E-state index in [-0.39, 0.29) is 34.4 Å². The van der Waals surface area contributed by atoms with Crippen LogP contribution in [0.15, 0.2) is 66.6 Å². The number of hydrogen-bond acceptors (Lipinski definition) is 5. The fourth-order valence-corrected chi connectivity index (χ4v) is 4.13. The molecule has 3 aromatic carbocycles. The van der Waals surface area contributed by atoms with Crippen molar-refractivity contribution in [1.29, 1.82) is 0 Å². The molecule has 1 aromatic heterocycles. The lowest BCUT2D eigenvalue weighted by molar-refractivity contribution is 0.100. The van der Waals surface area contributed by atoms with Crippen LogP contribution in [-0.2, 0) is 7.05 Å². The van der Waals surface area contributed by atoms with E-state index in [2.05, 4.69) is 0 Å². The highest BCUT2D eigenvalue weighted by molar-refractivity contribution is 6.17. The monoisotopic (exact) mass is 425 g/mol. The van der Waals surface area contributed by atoms with E-state index in [1.807, 2.05) is 48.1 Å². The quantitative estimate of drug-likeness (QED) is 0.353. The van der Waals surface area contributed by atoms with Crippen molar-refractivity contribution in [1.82, 2.24) is 4.57 Å². The summed E-state index contributed by atoms with van der Waals surface area (Å²) in [6.07, 6.45) is 3.55. The Balaban J connectivity index is 1.65. The number of nitrogens with zero attached hydrogens (tertiary/aromatic N) is 1. The van der Waals surface area contributed by atoms with E-state index in [0.717, 1.165) is 33.7 Å². The molecule has 32 heavy (non-hydrogen) atoms. The van der Waals surface area contributed by atoms with Gasteiger partial charge in [-0.15, -0.1) is 0 Å². The second-order valence-corrected chi connectivity index (χ2v) is 7.81. The number of aromatic hydroxyl groups is 2. The Morgan fingerprint density at radius 1 is 1.06 bits per heavy atom. The van der Waals surface area contributed by atoms with Crippen LogP contribution in [0.25, 0.3) is 28.1 Å². The number of aromatic nitrogens is 1. The van der Waals surface area contributed by atoms with Crippen molar-refractivity contribution in [3.8, 4) is 28.4 Å². The largest absolute Gasteiger partial charge is 0.508 e. The number of rotatable bonds is 3. The molecule has 1 aliphatic heterocycles. The molecule has 0 bridgehead atoms. The summed E-state index contributed by atoms with van der Waals surface area (Å²) in [7, 11) is 1.92. The third-order valence-electron chi connectivity index (χ3n) is 5.67. The van der Waals surface area contributed by atoms with Gasteiger partial charge in [0.25, 0.3) is 0 Å². The summed E-state index contributed by atoms with van der Waals surface area (Å²) in [5.74, 6) is -0.757. The fraction of sp³-hybridized carbons (Fsp3) is 0.0769. The van der Waals surface area contributed by atoms with E-state index in [0.29, 0.717) is 5.56 Å². The smallest absolute Gasteiger partial charge is 0.235 e. The molecule has 0 radical (unpaired) electrons. The minimum Gasteiger partial charge on any atom is -0.508 e. The van der Waals surface area contributed by atoms with Gasteiger partial charge in [-0.3, -0.25) is 9.59 Å². The number of aryl methyl sites for hydroxylation is 1. The summed E-state index contributed by atoms with van der Waals surface area (Å²) in [5.41, 5.74) is 4.31. The lowest BCUT2D eigenvalue weighted by Crippen LogP contribution is -1.98. The van der Waals surface area contributed by atoms with Crippen LogP contribution in [0.1, 0.15) is 33.2 Å². The van der Waals surface area contributed by atoms with Gasteiger partial charge in [-0.25, -0.2) is 0 Å². The SMILES string of the molecule is CC(=O)c1ccc(-c2cccc3c2c(/C=C2\Oc4cc(O)cc(O)c4C2=O)cn3C)cc1. The molecule has 0 atom stereocenters. The number of phenolic OH excluding ortho intramolecular Hbond substituents is 2. The lowest BCUT2D eigenvalue weighted by Gasteiger charge is -2.07. The number of fused-ring (bicyclic) bond motifs is 2. The molecular formula is C26H19NO5. The van der Waals surface area contributed by atoms with Crippen molar-refractivity contribution in [2.24, 2.45) is 7.05 Å². The summed E-state index contributed by atoms with van der Waals surface area (Å²) >= 11 is 0. The molecular weight excluding hydrogens is 406 g/mol. The van der Waals surface area contributed by atoms with Crippen LogP contribution in [0.3, 0.4) is 0 Å². The van der Waals surface area contributed by atoms with Gasteiger partial charge < -0.3 is 19.5 Å². The lowest BCUT2D eigenvalue weighted by atomic mass is 9.97. The number of allylic oxidation sites excluding steroid dienone is 1. The third-order valence-corrected chi connectivity index (χ3v) is 5.67. The first-order valence-corrected chi connectivity index (χ1v) is 10.0. The van der Waals surface area contributed by atoms with E-state index in [9.17, 15) is 19.8 Å². The van der Waals surface area contributed by atoms with Crippen molar-refractivity contribution < 1.29 is 24.5 Å². The van der Waals surface area contributed by atoms with Gasteiger partial charge in [-0.05, 0) is 30.2 Å². The van der Waals surface area contributed by atoms with Gasteiger partial charge in [-0.2, -0.15) is 0 Å². The molecule has 5 rings (SSSR count). The Bertz CT molecular complexity index is 1460. The Morgan fingerprint density at radius 3 is 2.53 bits per heavy atom. The number of benzene rings is 3. The second-order valence-electron chi connectivity index (χ2n) is 7.81. The van der Waals surface area contributed by atoms with Crippen LogP contribution in [0.2, 0.25) is 0 Å². The average molecular weight is 425 g/mol. The summed E-state index contributed by atoms with van der Waals surface area (Å²) < 4.78 is 7.64. The van der Waals surface area contributed by atoms with Crippen molar-refractivity contribution in [3.63, 3.8) is 0 Å². The summed E-state index contributed by atoms with van der Waals surface area (Å²) in [4.78, 5) is 24.5. The summed E-state index contributed by atoms with van der Waals surface area (Å²) in [5, 5.41) is 20.7. The first-order valence-electron chi connectivity index (χ1n) is 10.0. The molecule has 0 aliphatic carbocycles. The third kappa shape index (κ3) is 3.04. The maximum atomic E-state index is 12.9. The molecule has 0 unspecified atom stereocenters. The van der Waals surface area contributed by atoms with E-state index < -0.39 is 5.78 Å². The van der Waals surface area contributed by atoms with Crippen LogP contribution in [0, 0.1) is 0 Å². The van der Waals surface area contributed by atoms with Crippen molar-refractivity contribution in [2.45, 2.75) is 6.92 Å². The molecule has 1 aliphatic rings. The van der Waals surface area contributed by atoms with Crippen molar-refractivity contribution in [3.05, 3.63) is 83.2 Å². The molecule has 2 heterocycles. The second kappa shape index (κ2) is 7.13. The van der Waals surface area contributed by atoms with Crippen LogP contribution >= 0.6 is 0 Å². The van der Waals surface area contributed by atoms with E-state index in [1.165, 1.54) is 13.0 Å². The minimum atomic E-state index is -0.446. The van der Waals surface area contributed by atoms with Crippen LogP contribution in [0.5, 0.6) is 17.2 Å². The van der Waals surface area contributed by atoms with E-state index in [1.54, 1.807) is 18.2 Å². The molecule has 0 saturated carbocycles. The Labute approximate surface area is 183 Å². The molecule has 158 valence electrons. The number of hydrogen-bond donors (Lipinski definition) is 2. The zero-order valence-electron chi connectivity index (χ0n) is 17.4. The molecule has 0 saturated heterocycles. The first kappa shape index (κ1) is 19.6. The van der Waals surface area contributed by atoms with Crippen LogP contribution < -0.4 is 4.74 Å². The number of phenols is 2. The number of ketones is 2. The summed E-state index contributed by atoms with van der Waals surface area (Å²) in [6, 6.07) is 15.8. The molecule has 6 nitrogen and oxygen atoms in total. The summed E-state index contributed by atoms with van der Waals surface area (Å²) in [6.45, 7) is 1.53. The van der Waals surface area contributed by atoms with Crippen molar-refractivity contribution >= 4 is 28.5 Å². The topological polar surface area (TPSA) is 88.8 Å². The molecule has 6 heteroatoms. The van der Waals surface area contributed by atoms with Gasteiger partial charge in [-0.1, -0.05) is 36.4 Å². The first-order chi connectivity index (χ1) is 15.3. The molecule has 0 fully saturated rings. The molecule has 2 N–H and O–H groups in total. The van der Waals surface area contributed by atoms with Gasteiger partial charge in [0.05, 0.1) is 0 Å². The standard InChI is InChI=1S/C26H19NO5/c1-14(28)15-6-8-16(9-7-15)19-4-3-5-20-24(19)17(13-27(20)2)10-23-26(31)25-21(30)11-18(29)12-22(25)32-23/h3-13,29-30H,1-2H3/b23-10-. The normalized spacial score (nSPS) is 14.1. The highest BCUT2D eigenvalue weighted by Crippen LogP contribution is 2.41. The van der Waals surface area contributed by atoms with Gasteiger partial charge in [0.2, 0.25) is 5.78 Å². The Hall–Kier alpha value is -4.32. The van der Waals surface area contributed by atoms with E-state index in [4.69, 9.17) is 4.74 Å². The maximum absolute atomic E-state index is 12.9. The van der Waals surface area contributed by atoms with Gasteiger partial charge in [0, 0.05) is 47.4 Å². The zero-order chi connectivity index (χ0) is 22.6. The number of carbonyl (C=O) groups is 2. The molecule has 0 spiro atoms. The average Bonchev–Trinajstić information content (AvgIpc) is 3.25. The zero-order valence-corrected chi connectivity index (χ0v) is 17.4. The highest BCUT2D eigenvalue weighted by Gasteiger charge is 2.31. The maximum Gasteiger partial charge on any atom is 0.235 e. The van der Waals surface area contributed by atoms with E-state index >= 15 is 0 Å². The highest BCUT2D eigenvalue weighted by atomic mass is 16.5.